The van der Waals surface area contributed by atoms with E-state index in [0.29, 0.717) is 34.7 Å². The third kappa shape index (κ3) is 6.04. The summed E-state index contributed by atoms with van der Waals surface area (Å²) in [5, 5.41) is 22.5. The number of urea groups is 1. The van der Waals surface area contributed by atoms with Crippen LogP contribution in [0.15, 0.2) is 77.6 Å². The number of nitriles is 1. The number of thioether (sulfide) groups is 1. The Morgan fingerprint density at radius 3 is 2.77 bits per heavy atom. The van der Waals surface area contributed by atoms with Gasteiger partial charge in [0.2, 0.25) is 6.41 Å². The molecule has 0 aliphatic rings. The average Bonchev–Trinajstić information content (AvgIpc) is 3.25. The van der Waals surface area contributed by atoms with Crippen LogP contribution < -0.4 is 16.0 Å². The van der Waals surface area contributed by atoms with Gasteiger partial charge in [-0.1, -0.05) is 36.4 Å². The van der Waals surface area contributed by atoms with E-state index in [4.69, 9.17) is 4.98 Å². The molecule has 0 radical (unpaired) electrons. The van der Waals surface area contributed by atoms with E-state index in [1.807, 2.05) is 35.6 Å². The molecule has 4 rings (SSSR count). The molecule has 0 saturated carbocycles. The highest BCUT2D eigenvalue weighted by Crippen LogP contribution is 2.28. The van der Waals surface area contributed by atoms with E-state index < -0.39 is 6.03 Å². The van der Waals surface area contributed by atoms with Gasteiger partial charge in [-0.15, -0.1) is 11.8 Å². The van der Waals surface area contributed by atoms with Crippen LogP contribution in [0.25, 0.3) is 11.7 Å². The summed E-state index contributed by atoms with van der Waals surface area (Å²) in [6.07, 6.45) is 3.71. The molecular weight excluding hydrogens is 462 g/mol. The number of rotatable bonds is 8. The zero-order valence-electron chi connectivity index (χ0n) is 18.7. The van der Waals surface area contributed by atoms with Gasteiger partial charge in [0.15, 0.2) is 5.65 Å². The van der Waals surface area contributed by atoms with Crippen LogP contribution in [0.3, 0.4) is 0 Å². The highest BCUT2D eigenvalue weighted by Gasteiger charge is 2.13. The first-order valence-electron chi connectivity index (χ1n) is 10.6. The van der Waals surface area contributed by atoms with Gasteiger partial charge in [0.05, 0.1) is 17.8 Å². The topological polar surface area (TPSA) is 124 Å². The second-order valence-electron chi connectivity index (χ2n) is 7.45. The van der Waals surface area contributed by atoms with E-state index in [1.165, 1.54) is 5.56 Å². The maximum absolute atomic E-state index is 11.7. The summed E-state index contributed by atoms with van der Waals surface area (Å²) in [7, 11) is 0. The molecule has 174 valence electrons. The van der Waals surface area contributed by atoms with E-state index >= 15 is 0 Å². The summed E-state index contributed by atoms with van der Waals surface area (Å²) in [5.74, 6) is 1.32. The summed E-state index contributed by atoms with van der Waals surface area (Å²) in [5.41, 5.74) is 4.23. The van der Waals surface area contributed by atoms with Crippen LogP contribution in [0.2, 0.25) is 0 Å². The molecule has 3 N–H and O–H groups in total. The molecule has 2 aromatic heterocycles. The van der Waals surface area contributed by atoms with Crippen molar-refractivity contribution >= 4 is 47.4 Å². The number of allylic oxidation sites excluding steroid dienone is 1. The Morgan fingerprint density at radius 1 is 1.17 bits per heavy atom. The molecule has 0 aliphatic carbocycles. The van der Waals surface area contributed by atoms with Crippen LogP contribution in [0.4, 0.5) is 16.3 Å². The van der Waals surface area contributed by atoms with E-state index in [2.05, 4.69) is 33.9 Å². The van der Waals surface area contributed by atoms with E-state index in [9.17, 15) is 14.9 Å². The van der Waals surface area contributed by atoms with Crippen LogP contribution in [0.1, 0.15) is 23.6 Å². The lowest BCUT2D eigenvalue weighted by molar-refractivity contribution is -0.108. The fourth-order valence-electron chi connectivity index (χ4n) is 3.30. The van der Waals surface area contributed by atoms with Gasteiger partial charge in [0, 0.05) is 28.8 Å². The van der Waals surface area contributed by atoms with Crippen LogP contribution in [-0.4, -0.2) is 27.0 Å². The van der Waals surface area contributed by atoms with Crippen molar-refractivity contribution < 1.29 is 9.59 Å². The van der Waals surface area contributed by atoms with Crippen molar-refractivity contribution in [1.82, 2.24) is 25.2 Å². The number of nitrogens with zero attached hydrogens (tertiary/aromatic N) is 4. The number of carbonyl (C=O) groups excluding carboxylic acids is 2. The molecule has 2 aromatic carbocycles. The molecule has 0 aliphatic heterocycles. The van der Waals surface area contributed by atoms with Crippen molar-refractivity contribution in [2.45, 2.75) is 17.7 Å². The molecule has 35 heavy (non-hydrogen) atoms. The lowest BCUT2D eigenvalue weighted by Crippen LogP contribution is -2.33. The van der Waals surface area contributed by atoms with Crippen LogP contribution in [-0.2, 0) is 10.5 Å². The Hall–Kier alpha value is -4.62. The first-order valence-corrected chi connectivity index (χ1v) is 11.6. The summed E-state index contributed by atoms with van der Waals surface area (Å²) < 4.78 is 1.75. The fourth-order valence-corrected chi connectivity index (χ4v) is 4.26. The number of hydrogen-bond donors (Lipinski definition) is 3. The maximum atomic E-state index is 11.7. The lowest BCUT2D eigenvalue weighted by Gasteiger charge is -2.11. The zero-order chi connectivity index (χ0) is 24.6. The summed E-state index contributed by atoms with van der Waals surface area (Å²) in [6, 6.07) is 20.7. The fraction of sp³-hybridized carbons (Fsp3) is 0.0800. The Kier molecular flexibility index (Phi) is 7.40. The van der Waals surface area contributed by atoms with Crippen molar-refractivity contribution in [2.75, 3.05) is 5.32 Å². The van der Waals surface area contributed by atoms with E-state index in [1.54, 1.807) is 53.7 Å². The normalized spacial score (nSPS) is 11.0. The molecule has 3 amide bonds. The number of anilines is 2. The van der Waals surface area contributed by atoms with Crippen molar-refractivity contribution in [3.8, 4) is 6.07 Å². The van der Waals surface area contributed by atoms with Crippen molar-refractivity contribution in [2.24, 2.45) is 0 Å². The van der Waals surface area contributed by atoms with Crippen LogP contribution >= 0.6 is 11.8 Å². The number of aromatic nitrogens is 3. The smallest absolute Gasteiger partial charge is 0.325 e. The van der Waals surface area contributed by atoms with Gasteiger partial charge in [0.25, 0.3) is 0 Å². The van der Waals surface area contributed by atoms with Gasteiger partial charge in [0.1, 0.15) is 10.8 Å². The predicted molar refractivity (Wildman–Crippen MR) is 135 cm³/mol. The number of nitrogens with one attached hydrogen (secondary N) is 3. The third-order valence-corrected chi connectivity index (χ3v) is 5.90. The van der Waals surface area contributed by atoms with E-state index in [0.717, 1.165) is 16.5 Å². The Balaban J connectivity index is 1.70. The molecule has 0 fully saturated rings. The third-order valence-electron chi connectivity index (χ3n) is 4.83. The van der Waals surface area contributed by atoms with E-state index in [-0.39, 0.29) is 0 Å². The number of carbonyl (C=O) groups is 2. The quantitative estimate of drug-likeness (QED) is 0.192. The minimum absolute atomic E-state index is 0.314. The number of hydrogen-bond acceptors (Lipinski definition) is 7. The molecule has 0 spiro atoms. The van der Waals surface area contributed by atoms with Gasteiger partial charge in [-0.25, -0.2) is 14.3 Å². The Morgan fingerprint density at radius 2 is 2.00 bits per heavy atom. The highest BCUT2D eigenvalue weighted by atomic mass is 32.2. The summed E-state index contributed by atoms with van der Waals surface area (Å²) in [4.78, 5) is 26.9. The number of fused-ring (bicyclic) bond motifs is 1. The first-order chi connectivity index (χ1) is 17.1. The number of benzene rings is 2. The lowest BCUT2D eigenvalue weighted by atomic mass is 10.2. The average molecular weight is 484 g/mol. The highest BCUT2D eigenvalue weighted by molar-refractivity contribution is 7.98. The molecule has 10 heteroatoms. The minimum Gasteiger partial charge on any atom is -0.340 e. The van der Waals surface area contributed by atoms with Crippen LogP contribution in [0, 0.1) is 11.3 Å². The molecule has 0 bridgehead atoms. The van der Waals surface area contributed by atoms with Crippen LogP contribution in [0.5, 0.6) is 0 Å². The minimum atomic E-state index is -0.628. The molecule has 0 unspecified atom stereocenters. The number of imide groups is 1. The number of amides is 3. The van der Waals surface area contributed by atoms with Gasteiger partial charge < -0.3 is 10.6 Å². The van der Waals surface area contributed by atoms with Crippen molar-refractivity contribution in [1.29, 1.82) is 5.26 Å². The SMILES string of the molecule is C/C(=C/c1cnn2c(SCc3ccccc3)cc(Nc3cccc(C#N)c3)nc12)NC(=O)NC=O. The largest absolute Gasteiger partial charge is 0.340 e. The summed E-state index contributed by atoms with van der Waals surface area (Å²) >= 11 is 1.61. The van der Waals surface area contributed by atoms with Gasteiger partial charge in [-0.3, -0.25) is 10.1 Å². The van der Waals surface area contributed by atoms with Gasteiger partial charge in [-0.05, 0) is 36.8 Å². The molecule has 4 aromatic rings. The molecule has 9 nitrogen and oxygen atoms in total. The summed E-state index contributed by atoms with van der Waals surface area (Å²) in [6.45, 7) is 1.70. The maximum Gasteiger partial charge on any atom is 0.325 e. The molecular formula is C25H21N7O2S. The monoisotopic (exact) mass is 483 g/mol. The second-order valence-corrected chi connectivity index (χ2v) is 8.45. The Bertz CT molecular complexity index is 1440. The Labute approximate surface area is 205 Å². The van der Waals surface area contributed by atoms with Gasteiger partial charge >= 0.3 is 6.03 Å². The second kappa shape index (κ2) is 11.0. The van der Waals surface area contributed by atoms with Crippen molar-refractivity contribution in [3.05, 3.63) is 89.2 Å². The molecule has 2 heterocycles. The predicted octanol–water partition coefficient (Wildman–Crippen LogP) is 4.45. The van der Waals surface area contributed by atoms with Gasteiger partial charge in [-0.2, -0.15) is 10.4 Å². The standard InChI is InChI=1S/C25H21N7O2S/c1-17(29-25(34)27-16-33)10-20-14-28-32-23(35-15-18-6-3-2-4-7-18)12-22(31-24(20)32)30-21-9-5-8-19(11-21)13-26/h2-12,14,16H,15H2,1H3,(H,30,31)(H2,27,29,33,34)/b17-10-. The first kappa shape index (κ1) is 23.5. The molecule has 0 atom stereocenters. The zero-order valence-corrected chi connectivity index (χ0v) is 19.5. The van der Waals surface area contributed by atoms with Crippen molar-refractivity contribution in [3.63, 3.8) is 0 Å². The molecule has 0 saturated heterocycles.